The molecule has 0 N–H and O–H groups in total. The van der Waals surface area contributed by atoms with Gasteiger partial charge in [0.2, 0.25) is 12.5 Å². The molecule has 0 saturated carbocycles. The number of methoxy groups -OCH3 is 3. The van der Waals surface area contributed by atoms with Crippen molar-refractivity contribution in [2.24, 2.45) is 0 Å². The number of carbonyl (C=O) groups excluding carboxylic acids is 1. The normalized spacial score (nSPS) is 12.0. The fourth-order valence-corrected chi connectivity index (χ4v) is 3.32. The maximum Gasteiger partial charge on any atom is 0.231 e. The van der Waals surface area contributed by atoms with Crippen LogP contribution in [-0.2, 0) is 5.33 Å². The topological polar surface area (TPSA) is 63.2 Å². The molecular formula is C18H17BrO6. The molecule has 0 amide bonds. The molecule has 1 aliphatic heterocycles. The Morgan fingerprint density at radius 2 is 1.72 bits per heavy atom. The molecule has 6 nitrogen and oxygen atoms in total. The zero-order chi connectivity index (χ0) is 18.0. The molecule has 2 aromatic carbocycles. The smallest absolute Gasteiger partial charge is 0.231 e. The second-order valence-electron chi connectivity index (χ2n) is 5.22. The van der Waals surface area contributed by atoms with Crippen LogP contribution in [0.2, 0.25) is 0 Å². The summed E-state index contributed by atoms with van der Waals surface area (Å²) in [5.41, 5.74) is 2.76. The van der Waals surface area contributed by atoms with Crippen LogP contribution in [0.4, 0.5) is 0 Å². The number of alkyl halides is 1. The summed E-state index contributed by atoms with van der Waals surface area (Å²) in [5.74, 6) is 2.62. The van der Waals surface area contributed by atoms with Gasteiger partial charge in [0.05, 0.1) is 21.3 Å². The van der Waals surface area contributed by atoms with E-state index in [1.807, 2.05) is 6.07 Å². The summed E-state index contributed by atoms with van der Waals surface area (Å²) in [6, 6.07) is 5.30. The Morgan fingerprint density at radius 3 is 2.28 bits per heavy atom. The third-order valence-electron chi connectivity index (χ3n) is 4.00. The van der Waals surface area contributed by atoms with E-state index in [1.54, 1.807) is 26.4 Å². The molecule has 0 radical (unpaired) electrons. The molecular weight excluding hydrogens is 392 g/mol. The fourth-order valence-electron chi connectivity index (χ4n) is 2.88. The van der Waals surface area contributed by atoms with Crippen LogP contribution in [0.15, 0.2) is 18.2 Å². The highest BCUT2D eigenvalue weighted by molar-refractivity contribution is 9.08. The average molecular weight is 409 g/mol. The maximum absolute atomic E-state index is 11.7. The van der Waals surface area contributed by atoms with Gasteiger partial charge >= 0.3 is 0 Å². The minimum Gasteiger partial charge on any atom is -0.493 e. The second-order valence-corrected chi connectivity index (χ2v) is 5.78. The van der Waals surface area contributed by atoms with Gasteiger partial charge in [-0.1, -0.05) is 15.9 Å². The van der Waals surface area contributed by atoms with E-state index in [9.17, 15) is 4.79 Å². The van der Waals surface area contributed by atoms with E-state index >= 15 is 0 Å². The van der Waals surface area contributed by atoms with Crippen LogP contribution in [-0.4, -0.2) is 34.4 Å². The lowest BCUT2D eigenvalue weighted by Gasteiger charge is -2.20. The number of hydrogen-bond acceptors (Lipinski definition) is 6. The average Bonchev–Trinajstić information content (AvgIpc) is 3.12. The standard InChI is InChI=1S/C18H17BrO6/c1-21-15-4-10(7-19)16(18(23-3)17(15)22-2)12-6-14-13(24-9-25-14)5-11(12)8-20/h4-6,8H,7,9H2,1-3H3. The van der Waals surface area contributed by atoms with Crippen molar-refractivity contribution in [1.29, 1.82) is 0 Å². The molecule has 0 unspecified atom stereocenters. The number of hydrogen-bond donors (Lipinski definition) is 0. The largest absolute Gasteiger partial charge is 0.493 e. The molecule has 7 heteroatoms. The molecule has 25 heavy (non-hydrogen) atoms. The van der Waals surface area contributed by atoms with Crippen LogP contribution in [0.3, 0.4) is 0 Å². The van der Waals surface area contributed by atoms with Crippen molar-refractivity contribution in [3.8, 4) is 39.9 Å². The number of fused-ring (bicyclic) bond motifs is 1. The van der Waals surface area contributed by atoms with Crippen LogP contribution in [0.1, 0.15) is 15.9 Å². The summed E-state index contributed by atoms with van der Waals surface area (Å²) in [6.45, 7) is 0.130. The summed E-state index contributed by atoms with van der Waals surface area (Å²) < 4.78 is 27.3. The Labute approximate surface area is 153 Å². The van der Waals surface area contributed by atoms with E-state index in [-0.39, 0.29) is 6.79 Å². The van der Waals surface area contributed by atoms with Crippen molar-refractivity contribution < 1.29 is 28.5 Å². The van der Waals surface area contributed by atoms with Crippen molar-refractivity contribution in [1.82, 2.24) is 0 Å². The number of ether oxygens (including phenoxy) is 5. The zero-order valence-electron chi connectivity index (χ0n) is 14.1. The summed E-state index contributed by atoms with van der Waals surface area (Å²) in [4.78, 5) is 11.7. The van der Waals surface area contributed by atoms with Gasteiger partial charge in [-0.15, -0.1) is 0 Å². The van der Waals surface area contributed by atoms with E-state index in [0.29, 0.717) is 45.2 Å². The van der Waals surface area contributed by atoms with Crippen LogP contribution >= 0.6 is 15.9 Å². The minimum absolute atomic E-state index is 0.130. The quantitative estimate of drug-likeness (QED) is 0.534. The van der Waals surface area contributed by atoms with Gasteiger partial charge in [-0.3, -0.25) is 4.79 Å². The molecule has 0 fully saturated rings. The van der Waals surface area contributed by atoms with Gasteiger partial charge in [-0.2, -0.15) is 0 Å². The molecule has 2 aromatic rings. The molecule has 0 saturated heterocycles. The summed E-state index contributed by atoms with van der Waals surface area (Å²) in [5, 5.41) is 0.534. The van der Waals surface area contributed by atoms with Gasteiger partial charge in [0, 0.05) is 22.0 Å². The molecule has 0 aliphatic carbocycles. The van der Waals surface area contributed by atoms with E-state index in [0.717, 1.165) is 17.4 Å². The number of rotatable bonds is 6. The zero-order valence-corrected chi connectivity index (χ0v) is 15.6. The highest BCUT2D eigenvalue weighted by atomic mass is 79.9. The van der Waals surface area contributed by atoms with Crippen molar-refractivity contribution in [3.05, 3.63) is 29.3 Å². The van der Waals surface area contributed by atoms with E-state index < -0.39 is 0 Å². The summed E-state index contributed by atoms with van der Waals surface area (Å²) in [7, 11) is 4.65. The van der Waals surface area contributed by atoms with Gasteiger partial charge in [0.25, 0.3) is 0 Å². The highest BCUT2D eigenvalue weighted by Crippen LogP contribution is 2.49. The first kappa shape index (κ1) is 17.4. The van der Waals surface area contributed by atoms with Gasteiger partial charge in [-0.05, 0) is 23.8 Å². The van der Waals surface area contributed by atoms with Gasteiger partial charge < -0.3 is 23.7 Å². The van der Waals surface area contributed by atoms with Crippen molar-refractivity contribution in [3.63, 3.8) is 0 Å². The lowest BCUT2D eigenvalue weighted by Crippen LogP contribution is -2.01. The SMILES string of the molecule is COc1cc(CBr)c(-c2cc3c(cc2C=O)OCO3)c(OC)c1OC. The number of halogens is 1. The fraction of sp³-hybridized carbons (Fsp3) is 0.278. The van der Waals surface area contributed by atoms with E-state index in [1.165, 1.54) is 7.11 Å². The minimum atomic E-state index is 0.130. The first-order valence-electron chi connectivity index (χ1n) is 7.45. The number of benzene rings is 2. The van der Waals surface area contributed by atoms with Crippen LogP contribution in [0.25, 0.3) is 11.1 Å². The lowest BCUT2D eigenvalue weighted by molar-refractivity contribution is 0.112. The van der Waals surface area contributed by atoms with Crippen molar-refractivity contribution in [2.75, 3.05) is 28.1 Å². The number of aldehydes is 1. The van der Waals surface area contributed by atoms with Crippen LogP contribution in [0, 0.1) is 0 Å². The van der Waals surface area contributed by atoms with Gasteiger partial charge in [-0.25, -0.2) is 0 Å². The molecule has 0 aromatic heterocycles. The molecule has 3 rings (SSSR count). The summed E-state index contributed by atoms with van der Waals surface area (Å²) in [6.07, 6.45) is 0.783. The van der Waals surface area contributed by atoms with E-state index in [4.69, 9.17) is 23.7 Å². The third-order valence-corrected chi connectivity index (χ3v) is 4.60. The molecule has 0 atom stereocenters. The second kappa shape index (κ2) is 7.23. The molecule has 1 aliphatic rings. The van der Waals surface area contributed by atoms with Crippen molar-refractivity contribution >= 4 is 22.2 Å². The van der Waals surface area contributed by atoms with E-state index in [2.05, 4.69) is 15.9 Å². The Hall–Kier alpha value is -2.41. The van der Waals surface area contributed by atoms with Crippen LogP contribution in [0.5, 0.6) is 28.7 Å². The molecule has 132 valence electrons. The predicted octanol–water partition coefficient (Wildman–Crippen LogP) is 3.82. The number of carbonyl (C=O) groups is 1. The Morgan fingerprint density at radius 1 is 1.04 bits per heavy atom. The predicted molar refractivity (Wildman–Crippen MR) is 95.7 cm³/mol. The molecule has 0 bridgehead atoms. The Balaban J connectivity index is 2.35. The molecule has 0 spiro atoms. The lowest BCUT2D eigenvalue weighted by atomic mass is 9.94. The monoisotopic (exact) mass is 408 g/mol. The Kier molecular flexibility index (Phi) is 5.03. The first-order chi connectivity index (χ1) is 12.2. The first-order valence-corrected chi connectivity index (χ1v) is 8.57. The van der Waals surface area contributed by atoms with Gasteiger partial charge in [0.15, 0.2) is 29.3 Å². The van der Waals surface area contributed by atoms with Crippen LogP contribution < -0.4 is 23.7 Å². The summed E-state index contributed by atoms with van der Waals surface area (Å²) >= 11 is 3.49. The Bertz CT molecular complexity index is 818. The third kappa shape index (κ3) is 2.89. The molecule has 1 heterocycles. The van der Waals surface area contributed by atoms with Gasteiger partial charge in [0.1, 0.15) is 0 Å². The van der Waals surface area contributed by atoms with Crippen molar-refractivity contribution in [2.45, 2.75) is 5.33 Å². The maximum atomic E-state index is 11.7. The highest BCUT2D eigenvalue weighted by Gasteiger charge is 2.25.